The molecule has 64 valence electrons. The summed E-state index contributed by atoms with van der Waals surface area (Å²) in [7, 11) is 0. The molecule has 1 nitrogen and oxygen atoms in total. The van der Waals surface area contributed by atoms with Crippen LogP contribution in [0.5, 0.6) is 0 Å². The summed E-state index contributed by atoms with van der Waals surface area (Å²) in [5.74, 6) is 0. The smallest absolute Gasteiger partial charge is 0.0417 e. The number of hydrogen-bond donors (Lipinski definition) is 1. The van der Waals surface area contributed by atoms with Gasteiger partial charge in [0, 0.05) is 15.7 Å². The first-order chi connectivity index (χ1) is 5.77. The lowest BCUT2D eigenvalue weighted by Crippen LogP contribution is -2.24. The largest absolute Gasteiger partial charge is 0.381 e. The van der Waals surface area contributed by atoms with Gasteiger partial charge in [-0.3, -0.25) is 0 Å². The van der Waals surface area contributed by atoms with Gasteiger partial charge in [-0.25, -0.2) is 0 Å². The van der Waals surface area contributed by atoms with Crippen LogP contribution in [0.15, 0.2) is 24.3 Å². The molecule has 0 saturated carbocycles. The van der Waals surface area contributed by atoms with Gasteiger partial charge in [0.15, 0.2) is 0 Å². The molecule has 0 aliphatic carbocycles. The third kappa shape index (κ3) is 1.44. The Bertz CT molecular complexity index is 258. The molecule has 0 radical (unpaired) electrons. The molecule has 1 aromatic rings. The average Bonchev–Trinajstić information content (AvgIpc) is 2.46. The van der Waals surface area contributed by atoms with E-state index in [0.717, 1.165) is 0 Å². The van der Waals surface area contributed by atoms with Gasteiger partial charge in [-0.05, 0) is 18.1 Å². The maximum Gasteiger partial charge on any atom is 0.0417 e. The summed E-state index contributed by atoms with van der Waals surface area (Å²) < 4.78 is 0.690. The van der Waals surface area contributed by atoms with Crippen molar-refractivity contribution in [1.82, 2.24) is 0 Å². The van der Waals surface area contributed by atoms with Crippen LogP contribution in [0.25, 0.3) is 0 Å². The molecule has 2 heteroatoms. The Morgan fingerprint density at radius 1 is 1.50 bits per heavy atom. The number of para-hydroxylation sites is 1. The fourth-order valence-corrected chi connectivity index (χ4v) is 2.04. The molecule has 0 bridgehead atoms. The van der Waals surface area contributed by atoms with E-state index in [0.29, 0.717) is 9.97 Å². The maximum absolute atomic E-state index is 3.53. The molecule has 2 unspecified atom stereocenters. The summed E-state index contributed by atoms with van der Waals surface area (Å²) in [6.07, 6.45) is 1.18. The molecular weight excluding hydrogens is 261 g/mol. The third-order valence-electron chi connectivity index (χ3n) is 2.35. The van der Waals surface area contributed by atoms with Crippen molar-refractivity contribution in [2.45, 2.75) is 23.3 Å². The summed E-state index contributed by atoms with van der Waals surface area (Å²) in [4.78, 5) is 0. The number of alkyl halides is 1. The summed E-state index contributed by atoms with van der Waals surface area (Å²) in [6, 6.07) is 9.20. The Morgan fingerprint density at radius 3 is 2.92 bits per heavy atom. The molecule has 0 spiro atoms. The lowest BCUT2D eigenvalue weighted by atomic mass is 10.1. The lowest BCUT2D eigenvalue weighted by molar-refractivity contribution is 0.759. The number of anilines is 1. The van der Waals surface area contributed by atoms with Crippen molar-refractivity contribution in [2.24, 2.45) is 0 Å². The van der Waals surface area contributed by atoms with Crippen molar-refractivity contribution < 1.29 is 0 Å². The lowest BCUT2D eigenvalue weighted by Gasteiger charge is -2.13. The molecule has 1 aliphatic heterocycles. The number of nitrogens with one attached hydrogen (secondary N) is 1. The van der Waals surface area contributed by atoms with E-state index in [9.17, 15) is 0 Å². The second kappa shape index (κ2) is 3.24. The zero-order valence-corrected chi connectivity index (χ0v) is 9.21. The predicted molar refractivity (Wildman–Crippen MR) is 61.0 cm³/mol. The fraction of sp³-hybridized carbons (Fsp3) is 0.400. The topological polar surface area (TPSA) is 12.0 Å². The minimum Gasteiger partial charge on any atom is -0.381 e. The van der Waals surface area contributed by atoms with Gasteiger partial charge in [-0.1, -0.05) is 47.7 Å². The van der Waals surface area contributed by atoms with Crippen molar-refractivity contribution in [3.63, 3.8) is 0 Å². The molecule has 0 amide bonds. The second-order valence-corrected chi connectivity index (χ2v) is 5.25. The van der Waals surface area contributed by atoms with Crippen molar-refractivity contribution >= 4 is 28.3 Å². The highest BCUT2D eigenvalue weighted by atomic mass is 127. The van der Waals surface area contributed by atoms with Crippen LogP contribution in [-0.4, -0.2) is 9.97 Å². The SMILES string of the molecule is CC(I)C1Cc2ccccc2N1. The minimum atomic E-state index is 0.628. The van der Waals surface area contributed by atoms with Gasteiger partial charge < -0.3 is 5.32 Å². The van der Waals surface area contributed by atoms with Gasteiger partial charge in [-0.2, -0.15) is 0 Å². The summed E-state index contributed by atoms with van der Waals surface area (Å²) in [5.41, 5.74) is 2.79. The third-order valence-corrected chi connectivity index (χ3v) is 3.22. The van der Waals surface area contributed by atoms with Crippen LogP contribution in [0.4, 0.5) is 5.69 Å². The number of benzene rings is 1. The van der Waals surface area contributed by atoms with Crippen LogP contribution in [0.3, 0.4) is 0 Å². The quantitative estimate of drug-likeness (QED) is 0.613. The molecule has 2 atom stereocenters. The Balaban J connectivity index is 2.22. The van der Waals surface area contributed by atoms with Crippen molar-refractivity contribution in [1.29, 1.82) is 0 Å². The van der Waals surface area contributed by atoms with Crippen LogP contribution in [0, 0.1) is 0 Å². The van der Waals surface area contributed by atoms with Gasteiger partial charge in [-0.15, -0.1) is 0 Å². The monoisotopic (exact) mass is 273 g/mol. The first-order valence-electron chi connectivity index (χ1n) is 4.26. The molecular formula is C10H12IN. The fourth-order valence-electron chi connectivity index (χ4n) is 1.60. The minimum absolute atomic E-state index is 0.628. The molecule has 12 heavy (non-hydrogen) atoms. The summed E-state index contributed by atoms with van der Waals surface area (Å²) in [5, 5.41) is 3.53. The van der Waals surface area contributed by atoms with E-state index in [1.54, 1.807) is 0 Å². The summed E-state index contributed by atoms with van der Waals surface area (Å²) >= 11 is 2.48. The van der Waals surface area contributed by atoms with Crippen LogP contribution < -0.4 is 5.32 Å². The average molecular weight is 273 g/mol. The van der Waals surface area contributed by atoms with Gasteiger partial charge in [0.2, 0.25) is 0 Å². The Morgan fingerprint density at radius 2 is 2.25 bits per heavy atom. The van der Waals surface area contributed by atoms with E-state index in [2.05, 4.69) is 59.1 Å². The Hall–Kier alpha value is -0.250. The molecule has 0 fully saturated rings. The molecule has 0 aromatic heterocycles. The Kier molecular flexibility index (Phi) is 2.26. The van der Waals surface area contributed by atoms with E-state index in [-0.39, 0.29) is 0 Å². The Labute approximate surface area is 86.7 Å². The highest BCUT2D eigenvalue weighted by Crippen LogP contribution is 2.28. The molecule has 1 heterocycles. The highest BCUT2D eigenvalue weighted by molar-refractivity contribution is 14.1. The van der Waals surface area contributed by atoms with Crippen molar-refractivity contribution in [3.8, 4) is 0 Å². The van der Waals surface area contributed by atoms with E-state index in [1.165, 1.54) is 17.7 Å². The number of halogens is 1. The van der Waals surface area contributed by atoms with Gasteiger partial charge in [0.1, 0.15) is 0 Å². The maximum atomic E-state index is 3.53. The van der Waals surface area contributed by atoms with Crippen LogP contribution in [0.2, 0.25) is 0 Å². The van der Waals surface area contributed by atoms with Gasteiger partial charge >= 0.3 is 0 Å². The first kappa shape index (κ1) is 8.35. The van der Waals surface area contributed by atoms with Crippen molar-refractivity contribution in [2.75, 3.05) is 5.32 Å². The van der Waals surface area contributed by atoms with E-state index >= 15 is 0 Å². The number of hydrogen-bond acceptors (Lipinski definition) is 1. The van der Waals surface area contributed by atoms with E-state index in [1.807, 2.05) is 0 Å². The highest BCUT2D eigenvalue weighted by Gasteiger charge is 2.22. The second-order valence-electron chi connectivity index (χ2n) is 3.29. The molecule has 1 aliphatic rings. The van der Waals surface area contributed by atoms with E-state index in [4.69, 9.17) is 0 Å². The van der Waals surface area contributed by atoms with Crippen molar-refractivity contribution in [3.05, 3.63) is 29.8 Å². The number of rotatable bonds is 1. The summed E-state index contributed by atoms with van der Waals surface area (Å²) in [6.45, 7) is 2.25. The normalized spacial score (nSPS) is 23.0. The molecule has 1 N–H and O–H groups in total. The molecule has 1 aromatic carbocycles. The zero-order chi connectivity index (χ0) is 8.55. The molecule has 0 saturated heterocycles. The zero-order valence-electron chi connectivity index (χ0n) is 7.05. The van der Waals surface area contributed by atoms with Crippen LogP contribution in [0.1, 0.15) is 12.5 Å². The van der Waals surface area contributed by atoms with Crippen LogP contribution in [-0.2, 0) is 6.42 Å². The predicted octanol–water partition coefficient (Wildman–Crippen LogP) is 2.85. The van der Waals surface area contributed by atoms with Crippen LogP contribution >= 0.6 is 22.6 Å². The first-order valence-corrected chi connectivity index (χ1v) is 5.50. The molecule has 2 rings (SSSR count). The standard InChI is InChI=1S/C10H12IN/c1-7(11)10-6-8-4-2-3-5-9(8)12-10/h2-5,7,10,12H,6H2,1H3. The van der Waals surface area contributed by atoms with Gasteiger partial charge in [0.25, 0.3) is 0 Å². The van der Waals surface area contributed by atoms with Gasteiger partial charge in [0.05, 0.1) is 0 Å². The van der Waals surface area contributed by atoms with E-state index < -0.39 is 0 Å². The number of fused-ring (bicyclic) bond motifs is 1.